The molecule has 0 spiro atoms. The number of urea groups is 1. The minimum atomic E-state index is -0.906. The average molecular weight is 263 g/mol. The molecule has 1 saturated heterocycles. The van der Waals surface area contributed by atoms with Gasteiger partial charge >= 0.3 is 6.03 Å². The van der Waals surface area contributed by atoms with E-state index in [1.165, 1.54) is 30.5 Å². The zero-order chi connectivity index (χ0) is 14.0. The van der Waals surface area contributed by atoms with Crippen LogP contribution >= 0.6 is 0 Å². The summed E-state index contributed by atoms with van der Waals surface area (Å²) in [7, 11) is 0. The lowest BCUT2D eigenvalue weighted by Crippen LogP contribution is -2.42. The minimum Gasteiger partial charge on any atom is -0.322 e. The second-order valence-corrected chi connectivity index (χ2v) is 4.53. The largest absolute Gasteiger partial charge is 0.346 e. The number of nitrogens with zero attached hydrogens (tertiary/aromatic N) is 2. The maximum absolute atomic E-state index is 12.7. The van der Waals surface area contributed by atoms with E-state index in [0.717, 1.165) is 5.01 Å². The van der Waals surface area contributed by atoms with E-state index in [9.17, 15) is 14.0 Å². The lowest BCUT2D eigenvalue weighted by atomic mass is 10.00. The topological polar surface area (TPSA) is 61.8 Å². The summed E-state index contributed by atoms with van der Waals surface area (Å²) in [5, 5.41) is 7.24. The number of hydrogen-bond donors (Lipinski definition) is 1. The molecule has 5 nitrogen and oxygen atoms in total. The van der Waals surface area contributed by atoms with Crippen LogP contribution in [0.5, 0.6) is 0 Å². The van der Waals surface area contributed by atoms with Gasteiger partial charge in [-0.25, -0.2) is 9.18 Å². The third-order valence-electron chi connectivity index (χ3n) is 3.14. The molecule has 2 rings (SSSR count). The normalized spacial score (nSPS) is 23.2. The van der Waals surface area contributed by atoms with Gasteiger partial charge in [0.25, 0.3) is 5.91 Å². The zero-order valence-corrected chi connectivity index (χ0v) is 10.7. The number of amides is 3. The van der Waals surface area contributed by atoms with Gasteiger partial charge in [0.05, 0.1) is 6.21 Å². The average Bonchev–Trinajstić information content (AvgIpc) is 2.61. The fraction of sp³-hybridized carbons (Fsp3) is 0.308. The van der Waals surface area contributed by atoms with E-state index in [-0.39, 0.29) is 5.82 Å². The predicted octanol–water partition coefficient (Wildman–Crippen LogP) is 1.88. The Morgan fingerprint density at radius 1 is 1.37 bits per heavy atom. The standard InChI is InChI=1S/C13H14FN3O2/c1-3-13(2)11(18)17(12(19)16-13)15-8-9-4-6-10(14)7-5-9/h4-8H,3H2,1-2H3,(H,16,19). The molecule has 6 heteroatoms. The first-order valence-electron chi connectivity index (χ1n) is 5.92. The number of hydrazone groups is 1. The van der Waals surface area contributed by atoms with Crippen LogP contribution in [0.25, 0.3) is 0 Å². The molecular formula is C13H14FN3O2. The molecule has 1 heterocycles. The number of hydrogen-bond acceptors (Lipinski definition) is 3. The first-order chi connectivity index (χ1) is 8.96. The van der Waals surface area contributed by atoms with Crippen molar-refractivity contribution in [1.82, 2.24) is 10.3 Å². The van der Waals surface area contributed by atoms with Crippen LogP contribution in [0, 0.1) is 5.82 Å². The van der Waals surface area contributed by atoms with Crippen LogP contribution in [0.3, 0.4) is 0 Å². The van der Waals surface area contributed by atoms with E-state index in [1.807, 2.05) is 6.92 Å². The molecule has 1 fully saturated rings. The highest BCUT2D eigenvalue weighted by Gasteiger charge is 2.46. The fourth-order valence-electron chi connectivity index (χ4n) is 1.69. The first kappa shape index (κ1) is 13.2. The van der Waals surface area contributed by atoms with Crippen molar-refractivity contribution in [2.75, 3.05) is 0 Å². The van der Waals surface area contributed by atoms with Gasteiger partial charge in [0.15, 0.2) is 0 Å². The van der Waals surface area contributed by atoms with E-state index in [4.69, 9.17) is 0 Å². The number of nitrogens with one attached hydrogen (secondary N) is 1. The van der Waals surface area contributed by atoms with Crippen LogP contribution in [-0.4, -0.2) is 28.7 Å². The third kappa shape index (κ3) is 2.47. The number of carbonyl (C=O) groups excluding carboxylic acids is 2. The molecule has 0 radical (unpaired) electrons. The van der Waals surface area contributed by atoms with Gasteiger partial charge in [-0.2, -0.15) is 5.10 Å². The molecular weight excluding hydrogens is 249 g/mol. The molecule has 1 aliphatic rings. The molecule has 19 heavy (non-hydrogen) atoms. The zero-order valence-electron chi connectivity index (χ0n) is 10.7. The maximum Gasteiger partial charge on any atom is 0.346 e. The molecule has 0 aliphatic carbocycles. The molecule has 3 amide bonds. The van der Waals surface area contributed by atoms with Gasteiger partial charge in [-0.05, 0) is 31.0 Å². The van der Waals surface area contributed by atoms with Crippen molar-refractivity contribution in [2.45, 2.75) is 25.8 Å². The summed E-state index contributed by atoms with van der Waals surface area (Å²) in [4.78, 5) is 23.7. The van der Waals surface area contributed by atoms with Crippen molar-refractivity contribution >= 4 is 18.2 Å². The molecule has 1 unspecified atom stereocenters. The number of benzene rings is 1. The van der Waals surface area contributed by atoms with Crippen molar-refractivity contribution in [2.24, 2.45) is 5.10 Å². The second-order valence-electron chi connectivity index (χ2n) is 4.53. The maximum atomic E-state index is 12.7. The van der Waals surface area contributed by atoms with Gasteiger partial charge < -0.3 is 5.32 Å². The van der Waals surface area contributed by atoms with Crippen LogP contribution in [-0.2, 0) is 4.79 Å². The molecule has 100 valence electrons. The molecule has 0 bridgehead atoms. The Balaban J connectivity index is 2.17. The van der Waals surface area contributed by atoms with Gasteiger partial charge in [0, 0.05) is 0 Å². The molecule has 1 N–H and O–H groups in total. The smallest absolute Gasteiger partial charge is 0.322 e. The lowest BCUT2D eigenvalue weighted by molar-refractivity contribution is -0.130. The van der Waals surface area contributed by atoms with Gasteiger partial charge in [-0.3, -0.25) is 4.79 Å². The Hall–Kier alpha value is -2.24. The summed E-state index contributed by atoms with van der Waals surface area (Å²) >= 11 is 0. The van der Waals surface area contributed by atoms with Gasteiger partial charge in [-0.15, -0.1) is 5.01 Å². The Labute approximate surface area is 110 Å². The van der Waals surface area contributed by atoms with Crippen LogP contribution < -0.4 is 5.32 Å². The first-order valence-corrected chi connectivity index (χ1v) is 5.92. The third-order valence-corrected chi connectivity index (χ3v) is 3.14. The minimum absolute atomic E-state index is 0.356. The Bertz CT molecular complexity index is 541. The Morgan fingerprint density at radius 3 is 2.53 bits per heavy atom. The predicted molar refractivity (Wildman–Crippen MR) is 68.1 cm³/mol. The quantitative estimate of drug-likeness (QED) is 0.668. The number of carbonyl (C=O) groups is 2. The van der Waals surface area contributed by atoms with Crippen molar-refractivity contribution in [3.8, 4) is 0 Å². The van der Waals surface area contributed by atoms with Crippen molar-refractivity contribution in [3.05, 3.63) is 35.6 Å². The Kier molecular flexibility index (Phi) is 3.33. The van der Waals surface area contributed by atoms with Crippen LogP contribution in [0.2, 0.25) is 0 Å². The molecule has 1 aliphatic heterocycles. The van der Waals surface area contributed by atoms with Crippen LogP contribution in [0.1, 0.15) is 25.8 Å². The molecule has 0 aromatic heterocycles. The summed E-state index contributed by atoms with van der Waals surface area (Å²) in [5.41, 5.74) is -0.302. The monoisotopic (exact) mass is 263 g/mol. The van der Waals surface area contributed by atoms with E-state index in [2.05, 4.69) is 10.4 Å². The van der Waals surface area contributed by atoms with Gasteiger partial charge in [-0.1, -0.05) is 19.1 Å². The van der Waals surface area contributed by atoms with Gasteiger partial charge in [0.2, 0.25) is 0 Å². The molecule has 1 aromatic carbocycles. The van der Waals surface area contributed by atoms with Crippen LogP contribution in [0.4, 0.5) is 9.18 Å². The summed E-state index contributed by atoms with van der Waals surface area (Å²) in [5.74, 6) is -0.746. The number of rotatable bonds is 3. The highest BCUT2D eigenvalue weighted by molar-refractivity contribution is 6.07. The summed E-state index contributed by atoms with van der Waals surface area (Å²) in [6.07, 6.45) is 1.83. The van der Waals surface area contributed by atoms with Crippen molar-refractivity contribution in [3.63, 3.8) is 0 Å². The molecule has 1 aromatic rings. The van der Waals surface area contributed by atoms with E-state index >= 15 is 0 Å². The van der Waals surface area contributed by atoms with Crippen molar-refractivity contribution < 1.29 is 14.0 Å². The second kappa shape index (κ2) is 4.79. The number of imide groups is 1. The highest BCUT2D eigenvalue weighted by atomic mass is 19.1. The van der Waals surface area contributed by atoms with Crippen LogP contribution in [0.15, 0.2) is 29.4 Å². The lowest BCUT2D eigenvalue weighted by Gasteiger charge is -2.17. The van der Waals surface area contributed by atoms with Gasteiger partial charge in [0.1, 0.15) is 11.4 Å². The van der Waals surface area contributed by atoms with E-state index < -0.39 is 17.5 Å². The molecule has 0 saturated carbocycles. The summed E-state index contributed by atoms with van der Waals surface area (Å²) in [6, 6.07) is 5.03. The van der Waals surface area contributed by atoms with Crippen molar-refractivity contribution in [1.29, 1.82) is 0 Å². The summed E-state index contributed by atoms with van der Waals surface area (Å²) < 4.78 is 12.7. The summed E-state index contributed by atoms with van der Waals surface area (Å²) in [6.45, 7) is 3.46. The van der Waals surface area contributed by atoms with E-state index in [0.29, 0.717) is 12.0 Å². The SMILES string of the molecule is CCC1(C)NC(=O)N(N=Cc2ccc(F)cc2)C1=O. The Morgan fingerprint density at radius 2 is 2.00 bits per heavy atom. The number of halogens is 1. The highest BCUT2D eigenvalue weighted by Crippen LogP contribution is 2.20. The van der Waals surface area contributed by atoms with E-state index in [1.54, 1.807) is 6.92 Å². The molecule has 1 atom stereocenters. The fourth-order valence-corrected chi connectivity index (χ4v) is 1.69.